The molecular formula is C19H19NO3. The van der Waals surface area contributed by atoms with Crippen LogP contribution in [0.3, 0.4) is 0 Å². The number of anilines is 1. The van der Waals surface area contributed by atoms with Crippen LogP contribution < -0.4 is 4.90 Å². The number of carbonyl (C=O) groups excluding carboxylic acids is 2. The molecule has 0 N–H and O–H groups in total. The predicted octanol–water partition coefficient (Wildman–Crippen LogP) is 2.92. The highest BCUT2D eigenvalue weighted by Crippen LogP contribution is 2.39. The Balaban J connectivity index is 2.04. The van der Waals surface area contributed by atoms with E-state index < -0.39 is 11.4 Å². The zero-order chi connectivity index (χ0) is 16.3. The minimum absolute atomic E-state index is 0.214. The third-order valence-corrected chi connectivity index (χ3v) is 4.28. The van der Waals surface area contributed by atoms with Crippen LogP contribution in [0.15, 0.2) is 60.7 Å². The molecule has 23 heavy (non-hydrogen) atoms. The Hall–Kier alpha value is -2.62. The van der Waals surface area contributed by atoms with Crippen molar-refractivity contribution in [3.63, 3.8) is 0 Å². The van der Waals surface area contributed by atoms with E-state index in [0.29, 0.717) is 18.5 Å². The van der Waals surface area contributed by atoms with E-state index in [-0.39, 0.29) is 12.5 Å². The standard InChI is InChI=1S/C19H19NO3/c1-2-23-18(22)19(15-9-5-3-6-10-15)13-14-20(17(19)21)16-11-7-4-8-12-16/h3-12H,2,13-14H2,1H3. The van der Waals surface area contributed by atoms with E-state index in [9.17, 15) is 9.59 Å². The Morgan fingerprint density at radius 1 is 1.09 bits per heavy atom. The summed E-state index contributed by atoms with van der Waals surface area (Å²) in [6, 6.07) is 18.6. The second-order valence-electron chi connectivity index (χ2n) is 5.53. The minimum atomic E-state index is -1.24. The van der Waals surface area contributed by atoms with Crippen LogP contribution in [0, 0.1) is 0 Å². The molecule has 1 saturated heterocycles. The van der Waals surface area contributed by atoms with Gasteiger partial charge in [-0.1, -0.05) is 48.5 Å². The number of hydrogen-bond donors (Lipinski definition) is 0. The van der Waals surface area contributed by atoms with Crippen LogP contribution in [0.25, 0.3) is 0 Å². The van der Waals surface area contributed by atoms with E-state index in [1.54, 1.807) is 11.8 Å². The molecule has 4 nitrogen and oxygen atoms in total. The molecule has 0 spiro atoms. The number of ether oxygens (including phenoxy) is 1. The van der Waals surface area contributed by atoms with E-state index in [1.165, 1.54) is 0 Å². The average Bonchev–Trinajstić information content (AvgIpc) is 2.95. The maximum Gasteiger partial charge on any atom is 0.326 e. The van der Waals surface area contributed by atoms with Crippen LogP contribution in [-0.2, 0) is 19.7 Å². The zero-order valence-corrected chi connectivity index (χ0v) is 13.1. The summed E-state index contributed by atoms with van der Waals surface area (Å²) < 4.78 is 5.25. The van der Waals surface area contributed by atoms with Crippen molar-refractivity contribution in [2.45, 2.75) is 18.8 Å². The van der Waals surface area contributed by atoms with Crippen LogP contribution in [-0.4, -0.2) is 25.0 Å². The fourth-order valence-electron chi connectivity index (χ4n) is 3.12. The molecule has 1 amide bonds. The van der Waals surface area contributed by atoms with Gasteiger partial charge in [0.25, 0.3) is 0 Å². The van der Waals surface area contributed by atoms with E-state index in [1.807, 2.05) is 60.7 Å². The second kappa shape index (κ2) is 6.24. The van der Waals surface area contributed by atoms with E-state index >= 15 is 0 Å². The van der Waals surface area contributed by atoms with Gasteiger partial charge in [-0.25, -0.2) is 0 Å². The third-order valence-electron chi connectivity index (χ3n) is 4.28. The van der Waals surface area contributed by atoms with E-state index in [2.05, 4.69) is 0 Å². The quantitative estimate of drug-likeness (QED) is 0.644. The number of esters is 1. The molecule has 1 unspecified atom stereocenters. The molecule has 0 aliphatic carbocycles. The van der Waals surface area contributed by atoms with E-state index in [0.717, 1.165) is 5.69 Å². The summed E-state index contributed by atoms with van der Waals surface area (Å²) in [6.45, 7) is 2.51. The predicted molar refractivity (Wildman–Crippen MR) is 88.2 cm³/mol. The maximum absolute atomic E-state index is 13.2. The number of para-hydroxylation sites is 1. The van der Waals surface area contributed by atoms with Gasteiger partial charge in [-0.05, 0) is 31.0 Å². The summed E-state index contributed by atoms with van der Waals surface area (Å²) in [7, 11) is 0. The van der Waals surface area contributed by atoms with Crippen LogP contribution in [0.2, 0.25) is 0 Å². The van der Waals surface area contributed by atoms with Gasteiger partial charge in [0, 0.05) is 12.2 Å². The molecule has 0 aromatic heterocycles. The highest BCUT2D eigenvalue weighted by atomic mass is 16.5. The molecule has 3 rings (SSSR count). The first kappa shape index (κ1) is 15.3. The Kier molecular flexibility index (Phi) is 4.15. The minimum Gasteiger partial charge on any atom is -0.465 e. The molecule has 2 aromatic rings. The summed E-state index contributed by atoms with van der Waals surface area (Å²) in [5.74, 6) is -0.678. The Morgan fingerprint density at radius 3 is 2.30 bits per heavy atom. The number of hydrogen-bond acceptors (Lipinski definition) is 3. The normalized spacial score (nSPS) is 20.6. The number of rotatable bonds is 4. The largest absolute Gasteiger partial charge is 0.465 e. The van der Waals surface area contributed by atoms with Crippen molar-refractivity contribution in [3.05, 3.63) is 66.2 Å². The summed E-state index contributed by atoms with van der Waals surface area (Å²) in [6.07, 6.45) is 0.420. The molecule has 4 heteroatoms. The van der Waals surface area contributed by atoms with Gasteiger partial charge in [0.05, 0.1) is 6.61 Å². The van der Waals surface area contributed by atoms with Crippen molar-refractivity contribution in [2.24, 2.45) is 0 Å². The van der Waals surface area contributed by atoms with Gasteiger partial charge < -0.3 is 9.64 Å². The molecule has 1 aliphatic rings. The Labute approximate surface area is 135 Å². The van der Waals surface area contributed by atoms with Gasteiger partial charge in [0.1, 0.15) is 0 Å². The average molecular weight is 309 g/mol. The van der Waals surface area contributed by atoms with Crippen molar-refractivity contribution in [3.8, 4) is 0 Å². The summed E-state index contributed by atoms with van der Waals surface area (Å²) >= 11 is 0. The second-order valence-corrected chi connectivity index (χ2v) is 5.53. The topological polar surface area (TPSA) is 46.6 Å². The summed E-state index contributed by atoms with van der Waals surface area (Å²) in [4.78, 5) is 27.5. The molecule has 0 radical (unpaired) electrons. The van der Waals surface area contributed by atoms with Crippen LogP contribution >= 0.6 is 0 Å². The van der Waals surface area contributed by atoms with Gasteiger partial charge in [0.2, 0.25) is 5.91 Å². The molecule has 2 aromatic carbocycles. The first-order chi connectivity index (χ1) is 11.2. The monoisotopic (exact) mass is 309 g/mol. The molecule has 118 valence electrons. The van der Waals surface area contributed by atoms with Gasteiger partial charge in [-0.3, -0.25) is 9.59 Å². The van der Waals surface area contributed by atoms with Gasteiger partial charge >= 0.3 is 5.97 Å². The molecule has 1 fully saturated rings. The lowest BCUT2D eigenvalue weighted by atomic mass is 9.79. The first-order valence-electron chi connectivity index (χ1n) is 7.80. The number of amides is 1. The molecule has 1 atom stereocenters. The molecule has 0 saturated carbocycles. The Morgan fingerprint density at radius 2 is 1.70 bits per heavy atom. The van der Waals surface area contributed by atoms with Crippen LogP contribution in [0.1, 0.15) is 18.9 Å². The van der Waals surface area contributed by atoms with Crippen molar-refractivity contribution in [2.75, 3.05) is 18.1 Å². The van der Waals surface area contributed by atoms with Crippen molar-refractivity contribution < 1.29 is 14.3 Å². The van der Waals surface area contributed by atoms with Crippen molar-refractivity contribution in [1.29, 1.82) is 0 Å². The lowest BCUT2D eigenvalue weighted by Gasteiger charge is -2.26. The third kappa shape index (κ3) is 2.50. The number of carbonyl (C=O) groups is 2. The van der Waals surface area contributed by atoms with E-state index in [4.69, 9.17) is 4.74 Å². The molecular weight excluding hydrogens is 290 g/mol. The smallest absolute Gasteiger partial charge is 0.326 e. The maximum atomic E-state index is 13.2. The Bertz CT molecular complexity index is 699. The highest BCUT2D eigenvalue weighted by Gasteiger charge is 2.55. The SMILES string of the molecule is CCOC(=O)C1(c2ccccc2)CCN(c2ccccc2)C1=O. The first-order valence-corrected chi connectivity index (χ1v) is 7.80. The lowest BCUT2D eigenvalue weighted by molar-refractivity contribution is -0.153. The summed E-state index contributed by atoms with van der Waals surface area (Å²) in [5.41, 5.74) is 0.258. The molecule has 0 bridgehead atoms. The fraction of sp³-hybridized carbons (Fsp3) is 0.263. The number of benzene rings is 2. The van der Waals surface area contributed by atoms with Crippen LogP contribution in [0.4, 0.5) is 5.69 Å². The van der Waals surface area contributed by atoms with Gasteiger partial charge in [-0.2, -0.15) is 0 Å². The van der Waals surface area contributed by atoms with Crippen molar-refractivity contribution >= 4 is 17.6 Å². The fourth-order valence-corrected chi connectivity index (χ4v) is 3.12. The van der Waals surface area contributed by atoms with Crippen LogP contribution in [0.5, 0.6) is 0 Å². The molecule has 1 heterocycles. The van der Waals surface area contributed by atoms with Gasteiger partial charge in [-0.15, -0.1) is 0 Å². The zero-order valence-electron chi connectivity index (χ0n) is 13.1. The molecule has 1 aliphatic heterocycles. The lowest BCUT2D eigenvalue weighted by Crippen LogP contribution is -2.45. The van der Waals surface area contributed by atoms with Crippen molar-refractivity contribution in [1.82, 2.24) is 0 Å². The number of nitrogens with zero attached hydrogens (tertiary/aromatic N) is 1. The summed E-state index contributed by atoms with van der Waals surface area (Å²) in [5, 5.41) is 0. The highest BCUT2D eigenvalue weighted by molar-refractivity contribution is 6.17. The van der Waals surface area contributed by atoms with Gasteiger partial charge in [0.15, 0.2) is 5.41 Å².